The zero-order valence-electron chi connectivity index (χ0n) is 10.1. The molecule has 0 spiro atoms. The summed E-state index contributed by atoms with van der Waals surface area (Å²) in [6, 6.07) is 6.32. The third-order valence-corrected chi connectivity index (χ3v) is 4.47. The Morgan fingerprint density at radius 3 is 2.33 bits per heavy atom. The molecule has 1 rings (SSSR count). The van der Waals surface area contributed by atoms with Gasteiger partial charge in [-0.2, -0.15) is 0 Å². The van der Waals surface area contributed by atoms with Crippen LogP contribution >= 0.6 is 11.8 Å². The van der Waals surface area contributed by atoms with Crippen molar-refractivity contribution in [2.24, 2.45) is 0 Å². The molecular formula is C12H14O4S2. The highest BCUT2D eigenvalue weighted by molar-refractivity contribution is 8.00. The van der Waals surface area contributed by atoms with Crippen LogP contribution in [0.25, 0.3) is 0 Å². The second-order valence-corrected chi connectivity index (χ2v) is 6.77. The van der Waals surface area contributed by atoms with E-state index >= 15 is 0 Å². The number of thioether (sulfide) groups is 1. The van der Waals surface area contributed by atoms with Crippen molar-refractivity contribution < 1.29 is 17.9 Å². The predicted octanol–water partition coefficient (Wildman–Crippen LogP) is 1.91. The molecule has 0 saturated heterocycles. The standard InChI is InChI=1S/C12H14O4S2/c1-4-11(12(13)16-2)17-9-5-7-10(8-6-9)18(3,14)15/h4-8,11H,1H2,2-3H3. The van der Waals surface area contributed by atoms with E-state index in [0.29, 0.717) is 0 Å². The van der Waals surface area contributed by atoms with Gasteiger partial charge in [-0.1, -0.05) is 6.08 Å². The summed E-state index contributed by atoms with van der Waals surface area (Å²) >= 11 is 1.25. The number of carbonyl (C=O) groups excluding carboxylic acids is 1. The monoisotopic (exact) mass is 286 g/mol. The molecule has 0 saturated carbocycles. The fourth-order valence-corrected chi connectivity index (χ4v) is 2.73. The normalized spacial score (nSPS) is 12.8. The van der Waals surface area contributed by atoms with Gasteiger partial charge < -0.3 is 4.74 Å². The molecule has 1 unspecified atom stereocenters. The van der Waals surface area contributed by atoms with E-state index in [-0.39, 0.29) is 10.9 Å². The average molecular weight is 286 g/mol. The zero-order chi connectivity index (χ0) is 13.8. The molecule has 0 bridgehead atoms. The Morgan fingerprint density at radius 1 is 1.39 bits per heavy atom. The molecule has 1 aromatic carbocycles. The molecule has 0 heterocycles. The van der Waals surface area contributed by atoms with Crippen LogP contribution in [0.4, 0.5) is 0 Å². The lowest BCUT2D eigenvalue weighted by atomic mass is 10.4. The maximum Gasteiger partial charge on any atom is 0.323 e. The maximum atomic E-state index is 11.4. The maximum absolute atomic E-state index is 11.4. The number of methoxy groups -OCH3 is 1. The van der Waals surface area contributed by atoms with Gasteiger partial charge in [0.15, 0.2) is 9.84 Å². The van der Waals surface area contributed by atoms with Crippen molar-refractivity contribution in [3.63, 3.8) is 0 Å². The minimum absolute atomic E-state index is 0.250. The second kappa shape index (κ2) is 6.06. The number of sulfone groups is 1. The van der Waals surface area contributed by atoms with Crippen molar-refractivity contribution in [3.05, 3.63) is 36.9 Å². The van der Waals surface area contributed by atoms with Gasteiger partial charge in [-0.3, -0.25) is 4.79 Å². The molecule has 1 aromatic rings. The van der Waals surface area contributed by atoms with E-state index in [4.69, 9.17) is 0 Å². The molecule has 0 N–H and O–H groups in total. The molecule has 18 heavy (non-hydrogen) atoms. The molecule has 0 radical (unpaired) electrons. The first kappa shape index (κ1) is 14.8. The lowest BCUT2D eigenvalue weighted by Crippen LogP contribution is -2.15. The largest absolute Gasteiger partial charge is 0.468 e. The first-order valence-corrected chi connectivity index (χ1v) is 7.82. The van der Waals surface area contributed by atoms with Crippen LogP contribution in [0.1, 0.15) is 0 Å². The zero-order valence-corrected chi connectivity index (χ0v) is 11.8. The van der Waals surface area contributed by atoms with E-state index in [0.717, 1.165) is 11.2 Å². The van der Waals surface area contributed by atoms with Crippen LogP contribution in [-0.4, -0.2) is 33.0 Å². The van der Waals surface area contributed by atoms with Crippen LogP contribution in [0.3, 0.4) is 0 Å². The lowest BCUT2D eigenvalue weighted by molar-refractivity contribution is -0.139. The number of hydrogen-bond acceptors (Lipinski definition) is 5. The Balaban J connectivity index is 2.87. The van der Waals surface area contributed by atoms with Crippen LogP contribution in [0, 0.1) is 0 Å². The van der Waals surface area contributed by atoms with E-state index in [1.54, 1.807) is 12.1 Å². The first-order valence-electron chi connectivity index (χ1n) is 5.05. The summed E-state index contributed by atoms with van der Waals surface area (Å²) in [6.45, 7) is 3.57. The fourth-order valence-electron chi connectivity index (χ4n) is 1.22. The Labute approximate surface area is 111 Å². The summed E-state index contributed by atoms with van der Waals surface area (Å²) in [5.41, 5.74) is 0. The van der Waals surface area contributed by atoms with Crippen LogP contribution in [0.2, 0.25) is 0 Å². The summed E-state index contributed by atoms with van der Waals surface area (Å²) in [6.07, 6.45) is 2.64. The first-order chi connectivity index (χ1) is 8.38. The van der Waals surface area contributed by atoms with Crippen molar-refractivity contribution in [2.45, 2.75) is 15.0 Å². The number of esters is 1. The van der Waals surface area contributed by atoms with Crippen LogP contribution < -0.4 is 0 Å². The van der Waals surface area contributed by atoms with E-state index < -0.39 is 15.1 Å². The van der Waals surface area contributed by atoms with Gasteiger partial charge in [0, 0.05) is 11.2 Å². The van der Waals surface area contributed by atoms with Crippen LogP contribution in [0.5, 0.6) is 0 Å². The van der Waals surface area contributed by atoms with Crippen molar-refractivity contribution in [3.8, 4) is 0 Å². The summed E-state index contributed by atoms with van der Waals surface area (Å²) in [7, 11) is -1.88. The quantitative estimate of drug-likeness (QED) is 0.470. The number of rotatable bonds is 5. The van der Waals surface area contributed by atoms with Crippen molar-refractivity contribution in [2.75, 3.05) is 13.4 Å². The Morgan fingerprint density at radius 2 is 1.94 bits per heavy atom. The van der Waals surface area contributed by atoms with Gasteiger partial charge in [-0.25, -0.2) is 8.42 Å². The topological polar surface area (TPSA) is 60.4 Å². The number of ether oxygens (including phenoxy) is 1. The lowest BCUT2D eigenvalue weighted by Gasteiger charge is -2.09. The van der Waals surface area contributed by atoms with E-state index in [9.17, 15) is 13.2 Å². The number of carbonyl (C=O) groups is 1. The van der Waals surface area contributed by atoms with Gasteiger partial charge in [-0.15, -0.1) is 18.3 Å². The van der Waals surface area contributed by atoms with Crippen LogP contribution in [0.15, 0.2) is 46.7 Å². The molecule has 0 fully saturated rings. The Hall–Kier alpha value is -1.27. The molecule has 1 atom stereocenters. The molecule has 6 heteroatoms. The molecule has 0 aliphatic heterocycles. The minimum atomic E-state index is -3.20. The van der Waals surface area contributed by atoms with Gasteiger partial charge in [-0.05, 0) is 24.3 Å². The third-order valence-electron chi connectivity index (χ3n) is 2.16. The van der Waals surface area contributed by atoms with Gasteiger partial charge in [0.05, 0.1) is 12.0 Å². The summed E-state index contributed by atoms with van der Waals surface area (Å²) in [5, 5.41) is -0.501. The second-order valence-electron chi connectivity index (χ2n) is 3.54. The van der Waals surface area contributed by atoms with Crippen molar-refractivity contribution >= 4 is 27.6 Å². The number of hydrogen-bond donors (Lipinski definition) is 0. The van der Waals surface area contributed by atoms with E-state index in [1.165, 1.54) is 37.1 Å². The highest BCUT2D eigenvalue weighted by Gasteiger charge is 2.17. The minimum Gasteiger partial charge on any atom is -0.468 e. The average Bonchev–Trinajstić information content (AvgIpc) is 2.34. The highest BCUT2D eigenvalue weighted by atomic mass is 32.2. The number of benzene rings is 1. The molecule has 0 aliphatic carbocycles. The summed E-state index contributed by atoms with van der Waals surface area (Å²) in [5.74, 6) is -0.387. The van der Waals surface area contributed by atoms with Crippen molar-refractivity contribution in [1.29, 1.82) is 0 Å². The Bertz CT molecular complexity index is 532. The summed E-state index contributed by atoms with van der Waals surface area (Å²) < 4.78 is 27.2. The van der Waals surface area contributed by atoms with Gasteiger partial charge >= 0.3 is 5.97 Å². The molecular weight excluding hydrogens is 272 g/mol. The van der Waals surface area contributed by atoms with Gasteiger partial charge in [0.25, 0.3) is 0 Å². The van der Waals surface area contributed by atoms with E-state index in [1.807, 2.05) is 0 Å². The Kier molecular flexibility index (Phi) is 4.98. The van der Waals surface area contributed by atoms with Crippen molar-refractivity contribution in [1.82, 2.24) is 0 Å². The van der Waals surface area contributed by atoms with Crippen LogP contribution in [-0.2, 0) is 19.4 Å². The molecule has 0 aromatic heterocycles. The molecule has 0 aliphatic rings. The molecule has 0 amide bonds. The third kappa shape index (κ3) is 3.89. The van der Waals surface area contributed by atoms with E-state index in [2.05, 4.69) is 11.3 Å². The SMILES string of the molecule is C=CC(Sc1ccc(S(C)(=O)=O)cc1)C(=O)OC. The van der Waals surface area contributed by atoms with Gasteiger partial charge in [0.1, 0.15) is 5.25 Å². The fraction of sp³-hybridized carbons (Fsp3) is 0.250. The molecule has 4 nitrogen and oxygen atoms in total. The highest BCUT2D eigenvalue weighted by Crippen LogP contribution is 2.26. The van der Waals surface area contributed by atoms with Gasteiger partial charge in [0.2, 0.25) is 0 Å². The smallest absolute Gasteiger partial charge is 0.323 e. The summed E-state index contributed by atoms with van der Waals surface area (Å²) in [4.78, 5) is 12.4. The molecule has 98 valence electrons. The predicted molar refractivity (Wildman–Crippen MR) is 71.4 cm³/mol.